The molecule has 5 rings (SSSR count). The zero-order chi connectivity index (χ0) is 20.5. The Balaban J connectivity index is 1.31. The predicted molar refractivity (Wildman–Crippen MR) is 106 cm³/mol. The van der Waals surface area contributed by atoms with Crippen LogP contribution in [0, 0.1) is 0 Å². The number of fused-ring (bicyclic) bond motifs is 2. The summed E-state index contributed by atoms with van der Waals surface area (Å²) in [5, 5.41) is 0. The molecule has 156 valence electrons. The first-order chi connectivity index (χ1) is 14.7. The number of hydrogen-bond acceptors (Lipinski definition) is 7. The second-order valence-electron chi connectivity index (χ2n) is 7.55. The Bertz CT molecular complexity index is 918. The molecule has 0 radical (unpaired) electrons. The van der Waals surface area contributed by atoms with Gasteiger partial charge in [-0.2, -0.15) is 0 Å². The molecule has 2 fully saturated rings. The minimum Gasteiger partial charge on any atom is -0.457 e. The van der Waals surface area contributed by atoms with Crippen LogP contribution in [0.5, 0.6) is 0 Å². The molecule has 30 heavy (non-hydrogen) atoms. The minimum atomic E-state index is -0.704. The molecule has 2 aromatic rings. The van der Waals surface area contributed by atoms with E-state index < -0.39 is 37.1 Å². The van der Waals surface area contributed by atoms with Gasteiger partial charge in [-0.1, -0.05) is 60.7 Å². The average Bonchev–Trinajstić information content (AvgIpc) is 3.36. The maximum Gasteiger partial charge on any atom is 0.306 e. The molecule has 7 nitrogen and oxygen atoms in total. The van der Waals surface area contributed by atoms with Crippen molar-refractivity contribution >= 4 is 11.9 Å². The fourth-order valence-corrected chi connectivity index (χ4v) is 3.99. The summed E-state index contributed by atoms with van der Waals surface area (Å²) in [6.45, 7) is 1.75. The summed E-state index contributed by atoms with van der Waals surface area (Å²) in [6.07, 6.45) is -2.33. The largest absolute Gasteiger partial charge is 0.457 e. The molecule has 2 aromatic carbocycles. The molecule has 6 atom stereocenters. The van der Waals surface area contributed by atoms with Crippen LogP contribution in [-0.4, -0.2) is 42.7 Å². The lowest BCUT2D eigenvalue weighted by Gasteiger charge is -2.36. The number of benzene rings is 2. The Morgan fingerprint density at radius 2 is 1.70 bits per heavy atom. The average molecular weight is 409 g/mol. The lowest BCUT2D eigenvalue weighted by atomic mass is 10.0. The third-order valence-electron chi connectivity index (χ3n) is 5.43. The molecule has 0 N–H and O–H groups in total. The van der Waals surface area contributed by atoms with Gasteiger partial charge in [-0.25, -0.2) is 4.99 Å². The normalized spacial score (nSPS) is 32.0. The van der Waals surface area contributed by atoms with Gasteiger partial charge in [0.25, 0.3) is 0 Å². The summed E-state index contributed by atoms with van der Waals surface area (Å²) in [5.41, 5.74) is 1.95. The van der Waals surface area contributed by atoms with Gasteiger partial charge in [0.05, 0.1) is 0 Å². The standard InChI is InChI=1S/C23H23NO6/c1-14-24-18-19(27-17(25)13-12-15-8-4-2-5-9-15)20-23(30-22(18)26-14)29-21(28-20)16-10-6-3-7-11-16/h2-11,18-23H,12-13H2,1H3/t18-,19-,20+,21?,22+,23+/m1/s1. The molecule has 0 bridgehead atoms. The van der Waals surface area contributed by atoms with Crippen molar-refractivity contribution in [1.29, 1.82) is 0 Å². The lowest BCUT2D eigenvalue weighted by molar-refractivity contribution is -0.262. The van der Waals surface area contributed by atoms with E-state index in [0.29, 0.717) is 12.3 Å². The summed E-state index contributed by atoms with van der Waals surface area (Å²) in [4.78, 5) is 17.1. The number of carbonyl (C=O) groups excluding carboxylic acids is 1. The van der Waals surface area contributed by atoms with E-state index in [0.717, 1.165) is 11.1 Å². The van der Waals surface area contributed by atoms with Gasteiger partial charge in [0, 0.05) is 18.9 Å². The third-order valence-corrected chi connectivity index (χ3v) is 5.43. The van der Waals surface area contributed by atoms with Crippen LogP contribution in [0.25, 0.3) is 0 Å². The second-order valence-corrected chi connectivity index (χ2v) is 7.55. The van der Waals surface area contributed by atoms with Crippen LogP contribution in [-0.2, 0) is 34.9 Å². The highest BCUT2D eigenvalue weighted by atomic mass is 16.9. The van der Waals surface area contributed by atoms with E-state index in [-0.39, 0.29) is 12.4 Å². The van der Waals surface area contributed by atoms with E-state index in [1.165, 1.54) is 0 Å². The molecule has 1 unspecified atom stereocenters. The van der Waals surface area contributed by atoms with Crippen LogP contribution >= 0.6 is 0 Å². The van der Waals surface area contributed by atoms with Crippen molar-refractivity contribution in [2.45, 2.75) is 56.9 Å². The number of aryl methyl sites for hydroxylation is 1. The van der Waals surface area contributed by atoms with Gasteiger partial charge in [0.2, 0.25) is 6.29 Å². The molecule has 3 aliphatic rings. The first-order valence-corrected chi connectivity index (χ1v) is 10.1. The molecule has 0 saturated carbocycles. The zero-order valence-corrected chi connectivity index (χ0v) is 16.5. The summed E-state index contributed by atoms with van der Waals surface area (Å²) in [7, 11) is 0. The highest BCUT2D eigenvalue weighted by Gasteiger charge is 2.57. The van der Waals surface area contributed by atoms with Gasteiger partial charge in [-0.05, 0) is 12.0 Å². The molecule has 0 amide bonds. The van der Waals surface area contributed by atoms with Crippen molar-refractivity contribution in [3.05, 3.63) is 71.8 Å². The highest BCUT2D eigenvalue weighted by Crippen LogP contribution is 2.41. The molecule has 0 spiro atoms. The molecule has 0 aromatic heterocycles. The fraction of sp³-hybridized carbons (Fsp3) is 0.391. The number of rotatable bonds is 5. The SMILES string of the molecule is CC1=N[C@H]2[C@@H](O1)O[C@@H]1OC(c3ccccc3)O[C@H]1[C@@H]2OC(=O)CCc1ccccc1. The number of esters is 1. The number of carbonyl (C=O) groups is 1. The Labute approximate surface area is 174 Å². The van der Waals surface area contributed by atoms with Crippen LogP contribution in [0.1, 0.15) is 30.8 Å². The molecule has 7 heteroatoms. The number of hydrogen-bond donors (Lipinski definition) is 0. The first kappa shape index (κ1) is 19.2. The molecule has 3 heterocycles. The molecular weight excluding hydrogens is 386 g/mol. The van der Waals surface area contributed by atoms with E-state index in [2.05, 4.69) is 4.99 Å². The van der Waals surface area contributed by atoms with Gasteiger partial charge in [0.1, 0.15) is 0 Å². The van der Waals surface area contributed by atoms with E-state index in [4.69, 9.17) is 23.7 Å². The van der Waals surface area contributed by atoms with Crippen LogP contribution < -0.4 is 0 Å². The number of ether oxygens (including phenoxy) is 5. The summed E-state index contributed by atoms with van der Waals surface area (Å²) < 4.78 is 29.5. The molecular formula is C23H23NO6. The summed E-state index contributed by atoms with van der Waals surface area (Å²) in [6, 6.07) is 18.9. The van der Waals surface area contributed by atoms with Gasteiger partial charge in [0.15, 0.2) is 36.7 Å². The summed E-state index contributed by atoms with van der Waals surface area (Å²) in [5.74, 6) is 0.185. The highest BCUT2D eigenvalue weighted by molar-refractivity contribution is 5.75. The monoisotopic (exact) mass is 409 g/mol. The Kier molecular flexibility index (Phi) is 5.25. The van der Waals surface area contributed by atoms with Crippen molar-refractivity contribution in [3.8, 4) is 0 Å². The fourth-order valence-electron chi connectivity index (χ4n) is 3.99. The van der Waals surface area contributed by atoms with Crippen LogP contribution in [0.2, 0.25) is 0 Å². The number of nitrogens with zero attached hydrogens (tertiary/aromatic N) is 1. The maximum absolute atomic E-state index is 12.6. The lowest BCUT2D eigenvalue weighted by Crippen LogP contribution is -2.56. The van der Waals surface area contributed by atoms with Crippen molar-refractivity contribution in [1.82, 2.24) is 0 Å². The Morgan fingerprint density at radius 1 is 0.967 bits per heavy atom. The van der Waals surface area contributed by atoms with Gasteiger partial charge >= 0.3 is 5.97 Å². The van der Waals surface area contributed by atoms with Crippen LogP contribution in [0.3, 0.4) is 0 Å². The van der Waals surface area contributed by atoms with Crippen molar-refractivity contribution in [3.63, 3.8) is 0 Å². The van der Waals surface area contributed by atoms with Crippen LogP contribution in [0.15, 0.2) is 65.7 Å². The Hall–Kier alpha value is -2.74. The van der Waals surface area contributed by atoms with Crippen molar-refractivity contribution < 1.29 is 28.5 Å². The molecule has 3 aliphatic heterocycles. The maximum atomic E-state index is 12.6. The molecule has 0 aliphatic carbocycles. The third kappa shape index (κ3) is 3.84. The zero-order valence-electron chi connectivity index (χ0n) is 16.5. The smallest absolute Gasteiger partial charge is 0.306 e. The Morgan fingerprint density at radius 3 is 2.47 bits per heavy atom. The predicted octanol–water partition coefficient (Wildman–Crippen LogP) is 3.14. The van der Waals surface area contributed by atoms with Gasteiger partial charge in [-0.15, -0.1) is 0 Å². The van der Waals surface area contributed by atoms with Gasteiger partial charge in [-0.3, -0.25) is 4.79 Å². The van der Waals surface area contributed by atoms with Gasteiger partial charge < -0.3 is 23.7 Å². The molecule has 2 saturated heterocycles. The van der Waals surface area contributed by atoms with E-state index in [9.17, 15) is 4.79 Å². The minimum absolute atomic E-state index is 0.267. The van der Waals surface area contributed by atoms with Crippen molar-refractivity contribution in [2.24, 2.45) is 4.99 Å². The quantitative estimate of drug-likeness (QED) is 0.707. The van der Waals surface area contributed by atoms with Crippen molar-refractivity contribution in [2.75, 3.05) is 0 Å². The van der Waals surface area contributed by atoms with E-state index >= 15 is 0 Å². The number of aliphatic imine (C=N–C) groups is 1. The topological polar surface area (TPSA) is 75.6 Å². The van der Waals surface area contributed by atoms with Crippen LogP contribution in [0.4, 0.5) is 0 Å². The van der Waals surface area contributed by atoms with E-state index in [1.807, 2.05) is 60.7 Å². The second kappa shape index (κ2) is 8.18. The van der Waals surface area contributed by atoms with E-state index in [1.54, 1.807) is 6.92 Å². The first-order valence-electron chi connectivity index (χ1n) is 10.1. The summed E-state index contributed by atoms with van der Waals surface area (Å²) >= 11 is 0.